The average molecular weight is 499 g/mol. The lowest BCUT2D eigenvalue weighted by Crippen LogP contribution is -2.37. The number of hydrogen-bond donors (Lipinski definition) is 0. The van der Waals surface area contributed by atoms with Gasteiger partial charge in [-0.05, 0) is 79.8 Å². The van der Waals surface area contributed by atoms with Crippen LogP contribution in [0.25, 0.3) is 0 Å². The van der Waals surface area contributed by atoms with E-state index in [0.717, 1.165) is 68.7 Å². The molecule has 0 saturated heterocycles. The van der Waals surface area contributed by atoms with E-state index < -0.39 is 5.41 Å². The predicted octanol–water partition coefficient (Wildman–Crippen LogP) is 8.25. The Morgan fingerprint density at radius 1 is 0.750 bits per heavy atom. The zero-order valence-corrected chi connectivity index (χ0v) is 22.2. The Kier molecular flexibility index (Phi) is 10.0. The van der Waals surface area contributed by atoms with Crippen molar-refractivity contribution in [3.63, 3.8) is 0 Å². The monoisotopic (exact) mass is 498 g/mol. The van der Waals surface area contributed by atoms with E-state index in [4.69, 9.17) is 11.6 Å². The van der Waals surface area contributed by atoms with Gasteiger partial charge in [-0.1, -0.05) is 104 Å². The largest absolute Gasteiger partial charge is 0.303 e. The van der Waals surface area contributed by atoms with Gasteiger partial charge in [0, 0.05) is 18.1 Å². The Balaban J connectivity index is 1.45. The van der Waals surface area contributed by atoms with Gasteiger partial charge in [-0.2, -0.15) is 5.26 Å². The Morgan fingerprint density at radius 2 is 1.31 bits per heavy atom. The number of benzene rings is 3. The normalized spacial score (nSPS) is 15.9. The number of nitrogens with zero attached hydrogens (tertiary/aromatic N) is 2. The molecule has 36 heavy (non-hydrogen) atoms. The fourth-order valence-corrected chi connectivity index (χ4v) is 6.05. The van der Waals surface area contributed by atoms with Gasteiger partial charge in [0.2, 0.25) is 0 Å². The van der Waals surface area contributed by atoms with Crippen molar-refractivity contribution in [3.05, 3.63) is 107 Å². The molecule has 3 aromatic carbocycles. The molecule has 0 heterocycles. The van der Waals surface area contributed by atoms with Crippen LogP contribution in [0.15, 0.2) is 84.9 Å². The van der Waals surface area contributed by atoms with E-state index in [1.807, 2.05) is 12.1 Å². The molecule has 1 aliphatic carbocycles. The summed E-state index contributed by atoms with van der Waals surface area (Å²) in [7, 11) is 0. The van der Waals surface area contributed by atoms with Gasteiger partial charge in [-0.25, -0.2) is 0 Å². The SMILES string of the molecule is N#CC(CCCN(CCc1ccccc1)CCc1ccccc1)(c1ccc(Cl)cc1)C1CCCCC1. The van der Waals surface area contributed by atoms with Gasteiger partial charge in [0.1, 0.15) is 0 Å². The van der Waals surface area contributed by atoms with Gasteiger partial charge >= 0.3 is 0 Å². The fourth-order valence-electron chi connectivity index (χ4n) is 5.92. The van der Waals surface area contributed by atoms with Crippen molar-refractivity contribution in [3.8, 4) is 6.07 Å². The number of nitriles is 1. The quantitative estimate of drug-likeness (QED) is 0.251. The first-order valence-electron chi connectivity index (χ1n) is 13.7. The van der Waals surface area contributed by atoms with Crippen molar-refractivity contribution in [1.29, 1.82) is 5.26 Å². The van der Waals surface area contributed by atoms with Crippen LogP contribution in [0.1, 0.15) is 61.6 Å². The third-order valence-corrected chi connectivity index (χ3v) is 8.28. The van der Waals surface area contributed by atoms with Crippen molar-refractivity contribution >= 4 is 11.6 Å². The topological polar surface area (TPSA) is 27.0 Å². The molecule has 1 atom stereocenters. The molecule has 1 aliphatic rings. The molecule has 4 rings (SSSR count). The van der Waals surface area contributed by atoms with Crippen molar-refractivity contribution in [2.24, 2.45) is 5.92 Å². The molecule has 0 amide bonds. The average Bonchev–Trinajstić information content (AvgIpc) is 2.94. The van der Waals surface area contributed by atoms with E-state index in [1.165, 1.54) is 30.4 Å². The Hall–Kier alpha value is -2.60. The third kappa shape index (κ3) is 7.22. The Bertz CT molecular complexity index is 1020. The number of hydrogen-bond acceptors (Lipinski definition) is 2. The molecule has 0 bridgehead atoms. The van der Waals surface area contributed by atoms with Crippen LogP contribution in [0.2, 0.25) is 5.02 Å². The molecule has 3 aromatic rings. The summed E-state index contributed by atoms with van der Waals surface area (Å²) >= 11 is 6.22. The summed E-state index contributed by atoms with van der Waals surface area (Å²) in [5.41, 5.74) is 3.51. The lowest BCUT2D eigenvalue weighted by molar-refractivity contribution is 0.215. The van der Waals surface area contributed by atoms with Gasteiger partial charge in [-0.3, -0.25) is 0 Å². The van der Waals surface area contributed by atoms with Crippen LogP contribution in [0.5, 0.6) is 0 Å². The summed E-state index contributed by atoms with van der Waals surface area (Å²) in [4.78, 5) is 2.60. The van der Waals surface area contributed by atoms with Gasteiger partial charge in [0.15, 0.2) is 0 Å². The van der Waals surface area contributed by atoms with Crippen LogP contribution in [0, 0.1) is 17.2 Å². The highest BCUT2D eigenvalue weighted by atomic mass is 35.5. The summed E-state index contributed by atoms with van der Waals surface area (Å²) < 4.78 is 0. The van der Waals surface area contributed by atoms with Crippen LogP contribution in [-0.2, 0) is 18.3 Å². The molecule has 0 aliphatic heterocycles. The first kappa shape index (κ1) is 26.5. The number of halogens is 1. The van der Waals surface area contributed by atoms with Gasteiger partial charge < -0.3 is 4.90 Å². The first-order chi connectivity index (χ1) is 17.7. The van der Waals surface area contributed by atoms with E-state index in [0.29, 0.717) is 5.92 Å². The highest BCUT2D eigenvalue weighted by Gasteiger charge is 2.40. The lowest BCUT2D eigenvalue weighted by atomic mass is 9.63. The summed E-state index contributed by atoms with van der Waals surface area (Å²) in [5, 5.41) is 11.4. The molecule has 1 saturated carbocycles. The van der Waals surface area contributed by atoms with Crippen molar-refractivity contribution in [2.75, 3.05) is 19.6 Å². The van der Waals surface area contributed by atoms with Gasteiger partial charge in [0.25, 0.3) is 0 Å². The van der Waals surface area contributed by atoms with Crippen molar-refractivity contribution < 1.29 is 0 Å². The maximum Gasteiger partial charge on any atom is 0.0850 e. The molecule has 0 radical (unpaired) electrons. The molecule has 0 N–H and O–H groups in total. The lowest BCUT2D eigenvalue weighted by Gasteiger charge is -2.38. The van der Waals surface area contributed by atoms with E-state index in [9.17, 15) is 5.26 Å². The van der Waals surface area contributed by atoms with Crippen LogP contribution < -0.4 is 0 Å². The molecule has 0 spiro atoms. The highest BCUT2D eigenvalue weighted by Crippen LogP contribution is 2.44. The molecule has 2 nitrogen and oxygen atoms in total. The second kappa shape index (κ2) is 13.6. The molecule has 1 fully saturated rings. The van der Waals surface area contributed by atoms with Crippen LogP contribution in [0.3, 0.4) is 0 Å². The molecular weight excluding hydrogens is 460 g/mol. The second-order valence-electron chi connectivity index (χ2n) is 10.3. The first-order valence-corrected chi connectivity index (χ1v) is 14.0. The minimum absolute atomic E-state index is 0.421. The van der Waals surface area contributed by atoms with E-state index in [1.54, 1.807) is 0 Å². The maximum atomic E-state index is 10.6. The summed E-state index contributed by atoms with van der Waals surface area (Å²) in [6, 6.07) is 32.5. The maximum absolute atomic E-state index is 10.6. The highest BCUT2D eigenvalue weighted by molar-refractivity contribution is 6.30. The van der Waals surface area contributed by atoms with Crippen LogP contribution in [0.4, 0.5) is 0 Å². The van der Waals surface area contributed by atoms with Crippen molar-refractivity contribution in [2.45, 2.75) is 63.2 Å². The van der Waals surface area contributed by atoms with E-state index in [-0.39, 0.29) is 0 Å². The fraction of sp³-hybridized carbons (Fsp3) is 0.424. The molecular formula is C33H39ClN2. The smallest absolute Gasteiger partial charge is 0.0850 e. The van der Waals surface area contributed by atoms with E-state index >= 15 is 0 Å². The van der Waals surface area contributed by atoms with E-state index in [2.05, 4.69) is 83.8 Å². The second-order valence-corrected chi connectivity index (χ2v) is 10.8. The summed E-state index contributed by atoms with van der Waals surface area (Å²) in [5.74, 6) is 0.430. The standard InChI is InChI=1S/C33H39ClN2/c34-32-19-17-31(18-20-32)33(27-35,30-15-8-3-9-16-30)23-10-24-36(25-21-28-11-4-1-5-12-28)26-22-29-13-6-2-7-14-29/h1-2,4-7,11-14,17-20,30H,3,8-10,15-16,21-26H2. The minimum atomic E-state index is -0.421. The van der Waals surface area contributed by atoms with Crippen molar-refractivity contribution in [1.82, 2.24) is 4.90 Å². The summed E-state index contributed by atoms with van der Waals surface area (Å²) in [6.45, 7) is 3.10. The third-order valence-electron chi connectivity index (χ3n) is 8.03. The molecule has 0 aromatic heterocycles. The van der Waals surface area contributed by atoms with Crippen LogP contribution in [-0.4, -0.2) is 24.5 Å². The molecule has 3 heteroatoms. The zero-order chi connectivity index (χ0) is 25.1. The zero-order valence-electron chi connectivity index (χ0n) is 21.4. The molecule has 188 valence electrons. The number of rotatable bonds is 12. The Morgan fingerprint density at radius 3 is 1.83 bits per heavy atom. The predicted molar refractivity (Wildman–Crippen MR) is 151 cm³/mol. The van der Waals surface area contributed by atoms with Gasteiger partial charge in [-0.15, -0.1) is 0 Å². The molecule has 1 unspecified atom stereocenters. The van der Waals surface area contributed by atoms with Gasteiger partial charge in [0.05, 0.1) is 11.5 Å². The summed E-state index contributed by atoms with van der Waals surface area (Å²) in [6.07, 6.45) is 10.1. The van der Waals surface area contributed by atoms with Crippen LogP contribution >= 0.6 is 11.6 Å². The minimum Gasteiger partial charge on any atom is -0.303 e. The Labute approximate surface area is 222 Å².